The lowest BCUT2D eigenvalue weighted by molar-refractivity contribution is 0.0494. The van der Waals surface area contributed by atoms with Crippen LogP contribution in [-0.2, 0) is 9.47 Å². The Hall–Kier alpha value is -1.86. The van der Waals surface area contributed by atoms with Crippen LogP contribution in [0.5, 0.6) is 0 Å². The van der Waals surface area contributed by atoms with Gasteiger partial charge in [-0.25, -0.2) is 14.8 Å². The molecule has 2 heterocycles. The Kier molecular flexibility index (Phi) is 3.96. The first-order valence-electron chi connectivity index (χ1n) is 5.65. The molecular weight excluding hydrogens is 236 g/mol. The molecule has 0 aliphatic carbocycles. The molecule has 3 N–H and O–H groups in total. The molecule has 0 unspecified atom stereocenters. The van der Waals surface area contributed by atoms with E-state index in [1.165, 1.54) is 13.2 Å². The van der Waals surface area contributed by atoms with Gasteiger partial charge >= 0.3 is 5.97 Å². The average molecular weight is 252 g/mol. The van der Waals surface area contributed by atoms with Crippen LogP contribution < -0.4 is 11.2 Å². The van der Waals surface area contributed by atoms with Crippen molar-refractivity contribution in [3.8, 4) is 0 Å². The Bertz CT molecular complexity index is 432. The number of morpholine rings is 1. The summed E-state index contributed by atoms with van der Waals surface area (Å²) < 4.78 is 9.86. The van der Waals surface area contributed by atoms with E-state index in [0.717, 1.165) is 13.1 Å². The summed E-state index contributed by atoms with van der Waals surface area (Å²) in [4.78, 5) is 15.5. The first-order chi connectivity index (χ1) is 8.70. The SMILES string of the molecule is COC(=O)c1ccc(N)c(NN2CCOCC2)n1. The largest absolute Gasteiger partial charge is 0.464 e. The number of nitrogens with two attached hydrogens (primary N) is 1. The van der Waals surface area contributed by atoms with Gasteiger partial charge in [-0.1, -0.05) is 0 Å². The molecule has 0 radical (unpaired) electrons. The van der Waals surface area contributed by atoms with Crippen molar-refractivity contribution in [3.05, 3.63) is 17.8 Å². The smallest absolute Gasteiger partial charge is 0.356 e. The van der Waals surface area contributed by atoms with Crippen molar-refractivity contribution in [1.29, 1.82) is 0 Å². The number of carbonyl (C=O) groups is 1. The Morgan fingerprint density at radius 3 is 2.89 bits per heavy atom. The van der Waals surface area contributed by atoms with Crippen LogP contribution in [0.2, 0.25) is 0 Å². The lowest BCUT2D eigenvalue weighted by Crippen LogP contribution is -2.40. The Balaban J connectivity index is 2.12. The Morgan fingerprint density at radius 1 is 1.50 bits per heavy atom. The zero-order chi connectivity index (χ0) is 13.0. The van der Waals surface area contributed by atoms with Crippen LogP contribution in [0.25, 0.3) is 0 Å². The molecule has 0 spiro atoms. The number of nitrogen functional groups attached to an aromatic ring is 1. The number of rotatable bonds is 3. The summed E-state index contributed by atoms with van der Waals surface area (Å²) in [5, 5.41) is 1.95. The molecule has 0 bridgehead atoms. The van der Waals surface area contributed by atoms with E-state index in [1.807, 2.05) is 5.01 Å². The maximum atomic E-state index is 11.4. The van der Waals surface area contributed by atoms with Gasteiger partial charge in [-0.2, -0.15) is 0 Å². The molecular formula is C11H16N4O3. The molecule has 1 aliphatic heterocycles. The third-order valence-corrected chi connectivity index (χ3v) is 2.60. The van der Waals surface area contributed by atoms with Crippen LogP contribution in [0.4, 0.5) is 11.5 Å². The van der Waals surface area contributed by atoms with E-state index in [2.05, 4.69) is 15.1 Å². The molecule has 1 saturated heterocycles. The Labute approximate surface area is 105 Å². The van der Waals surface area contributed by atoms with E-state index < -0.39 is 5.97 Å². The fraction of sp³-hybridized carbons (Fsp3) is 0.455. The molecule has 1 aromatic rings. The minimum Gasteiger partial charge on any atom is -0.464 e. The number of carbonyl (C=O) groups excluding carboxylic acids is 1. The van der Waals surface area contributed by atoms with Crippen molar-refractivity contribution in [2.45, 2.75) is 0 Å². The number of aromatic nitrogens is 1. The fourth-order valence-electron chi connectivity index (χ4n) is 1.60. The van der Waals surface area contributed by atoms with E-state index in [-0.39, 0.29) is 5.69 Å². The average Bonchev–Trinajstić information content (AvgIpc) is 2.41. The van der Waals surface area contributed by atoms with E-state index in [4.69, 9.17) is 10.5 Å². The van der Waals surface area contributed by atoms with Gasteiger partial charge in [0, 0.05) is 13.1 Å². The van der Waals surface area contributed by atoms with E-state index in [1.54, 1.807) is 6.07 Å². The molecule has 1 fully saturated rings. The number of esters is 1. The predicted molar refractivity (Wildman–Crippen MR) is 66.0 cm³/mol. The summed E-state index contributed by atoms with van der Waals surface area (Å²) in [5.74, 6) is -0.0279. The zero-order valence-corrected chi connectivity index (χ0v) is 10.2. The molecule has 0 saturated carbocycles. The highest BCUT2D eigenvalue weighted by Crippen LogP contribution is 2.17. The monoisotopic (exact) mass is 252 g/mol. The van der Waals surface area contributed by atoms with Crippen molar-refractivity contribution in [2.24, 2.45) is 0 Å². The van der Waals surface area contributed by atoms with Crippen LogP contribution in [0.3, 0.4) is 0 Å². The van der Waals surface area contributed by atoms with Gasteiger partial charge in [0.15, 0.2) is 11.5 Å². The number of hydrogen-bond donors (Lipinski definition) is 2. The molecule has 2 rings (SSSR count). The molecule has 7 nitrogen and oxygen atoms in total. The van der Waals surface area contributed by atoms with E-state index >= 15 is 0 Å². The van der Waals surface area contributed by atoms with Gasteiger partial charge in [-0.3, -0.25) is 0 Å². The number of ether oxygens (including phenoxy) is 2. The fourth-order valence-corrected chi connectivity index (χ4v) is 1.60. The molecule has 18 heavy (non-hydrogen) atoms. The number of hydrazine groups is 1. The van der Waals surface area contributed by atoms with Crippen molar-refractivity contribution in [3.63, 3.8) is 0 Å². The summed E-state index contributed by atoms with van der Waals surface area (Å²) in [6, 6.07) is 3.16. The third-order valence-electron chi connectivity index (χ3n) is 2.60. The summed E-state index contributed by atoms with van der Waals surface area (Å²) in [6.07, 6.45) is 0. The lowest BCUT2D eigenvalue weighted by atomic mass is 10.3. The second kappa shape index (κ2) is 5.65. The third kappa shape index (κ3) is 2.88. The second-order valence-electron chi connectivity index (χ2n) is 3.84. The molecule has 7 heteroatoms. The van der Waals surface area contributed by atoms with Gasteiger partial charge in [-0.15, -0.1) is 0 Å². The van der Waals surface area contributed by atoms with E-state index in [9.17, 15) is 4.79 Å². The van der Waals surface area contributed by atoms with Gasteiger partial charge < -0.3 is 20.6 Å². The number of methoxy groups -OCH3 is 1. The Morgan fingerprint density at radius 2 is 2.22 bits per heavy atom. The lowest BCUT2D eigenvalue weighted by Gasteiger charge is -2.27. The maximum Gasteiger partial charge on any atom is 0.356 e. The minimum atomic E-state index is -0.486. The number of nitrogens with zero attached hydrogens (tertiary/aromatic N) is 2. The molecule has 0 atom stereocenters. The first kappa shape index (κ1) is 12.6. The first-order valence-corrected chi connectivity index (χ1v) is 5.65. The summed E-state index contributed by atoms with van der Waals surface area (Å²) in [6.45, 7) is 2.79. The van der Waals surface area contributed by atoms with Crippen LogP contribution in [0, 0.1) is 0 Å². The molecule has 0 aromatic carbocycles. The summed E-state index contributed by atoms with van der Waals surface area (Å²) in [7, 11) is 1.31. The highest BCUT2D eigenvalue weighted by molar-refractivity contribution is 5.88. The standard InChI is InChI=1S/C11H16N4O3/c1-17-11(16)9-3-2-8(12)10(13-9)14-15-4-6-18-7-5-15/h2-3H,4-7,12H2,1H3,(H,13,14). The van der Waals surface area contributed by atoms with Crippen molar-refractivity contribution >= 4 is 17.5 Å². The number of anilines is 2. The van der Waals surface area contributed by atoms with Crippen LogP contribution >= 0.6 is 0 Å². The topological polar surface area (TPSA) is 89.7 Å². The minimum absolute atomic E-state index is 0.224. The second-order valence-corrected chi connectivity index (χ2v) is 3.84. The van der Waals surface area contributed by atoms with Crippen LogP contribution in [-0.4, -0.2) is 49.4 Å². The van der Waals surface area contributed by atoms with Gasteiger partial charge in [0.25, 0.3) is 0 Å². The molecule has 1 aliphatic rings. The number of nitrogens with one attached hydrogen (secondary N) is 1. The van der Waals surface area contributed by atoms with Crippen LogP contribution in [0.1, 0.15) is 10.5 Å². The summed E-state index contributed by atoms with van der Waals surface area (Å²) in [5.41, 5.74) is 9.60. The molecule has 1 aromatic heterocycles. The zero-order valence-electron chi connectivity index (χ0n) is 10.2. The van der Waals surface area contributed by atoms with Gasteiger partial charge in [0.05, 0.1) is 26.0 Å². The van der Waals surface area contributed by atoms with Gasteiger partial charge in [0.1, 0.15) is 0 Å². The summed E-state index contributed by atoms with van der Waals surface area (Å²) >= 11 is 0. The van der Waals surface area contributed by atoms with Crippen molar-refractivity contribution in [1.82, 2.24) is 9.99 Å². The number of hydrogen-bond acceptors (Lipinski definition) is 7. The number of pyridine rings is 1. The van der Waals surface area contributed by atoms with Gasteiger partial charge in [-0.05, 0) is 12.1 Å². The van der Waals surface area contributed by atoms with Crippen molar-refractivity contribution in [2.75, 3.05) is 44.6 Å². The molecule has 98 valence electrons. The van der Waals surface area contributed by atoms with Crippen molar-refractivity contribution < 1.29 is 14.3 Å². The van der Waals surface area contributed by atoms with Crippen LogP contribution in [0.15, 0.2) is 12.1 Å². The van der Waals surface area contributed by atoms with Gasteiger partial charge in [0.2, 0.25) is 0 Å². The quantitative estimate of drug-likeness (QED) is 0.738. The highest BCUT2D eigenvalue weighted by atomic mass is 16.5. The predicted octanol–water partition coefficient (Wildman–Crippen LogP) is 0.109. The normalized spacial score (nSPS) is 16.3. The highest BCUT2D eigenvalue weighted by Gasteiger charge is 2.14. The molecule has 0 amide bonds. The van der Waals surface area contributed by atoms with E-state index in [0.29, 0.717) is 24.7 Å². The maximum absolute atomic E-state index is 11.4.